The topological polar surface area (TPSA) is 139 Å². The Morgan fingerprint density at radius 2 is 1.97 bits per heavy atom. The van der Waals surface area contributed by atoms with Gasteiger partial charge in [-0.1, -0.05) is 0 Å². The molecule has 0 amide bonds. The van der Waals surface area contributed by atoms with Crippen LogP contribution in [-0.4, -0.2) is 68.3 Å². The molecule has 0 aliphatic carbocycles. The highest BCUT2D eigenvalue weighted by Gasteiger charge is 2.56. The van der Waals surface area contributed by atoms with Crippen molar-refractivity contribution in [2.24, 2.45) is 0 Å². The van der Waals surface area contributed by atoms with Crippen LogP contribution in [0.1, 0.15) is 31.0 Å². The minimum absolute atomic E-state index is 0.114. The number of methoxy groups -OCH3 is 3. The van der Waals surface area contributed by atoms with Crippen LogP contribution in [0.15, 0.2) is 36.4 Å². The number of hydrogen-bond acceptors (Lipinski definition) is 11. The summed E-state index contributed by atoms with van der Waals surface area (Å²) in [4.78, 5) is 25.2. The van der Waals surface area contributed by atoms with Crippen LogP contribution in [0.25, 0.3) is 0 Å². The third-order valence-corrected chi connectivity index (χ3v) is 6.70. The van der Waals surface area contributed by atoms with E-state index in [0.717, 1.165) is 5.56 Å². The molecule has 0 fully saturated rings. The Bertz CT molecular complexity index is 1170. The van der Waals surface area contributed by atoms with Gasteiger partial charge in [0.2, 0.25) is 0 Å². The molecule has 12 heteroatoms. The maximum atomic E-state index is 12.4. The van der Waals surface area contributed by atoms with Gasteiger partial charge in [0.15, 0.2) is 18.1 Å². The monoisotopic (exact) mass is 518 g/mol. The zero-order valence-corrected chi connectivity index (χ0v) is 21.2. The molecule has 0 saturated carbocycles. The van der Waals surface area contributed by atoms with Crippen molar-refractivity contribution in [1.29, 1.82) is 0 Å². The van der Waals surface area contributed by atoms with Crippen molar-refractivity contribution in [3.05, 3.63) is 57.6 Å². The number of benzene rings is 2. The molecule has 0 unspecified atom stereocenters. The fourth-order valence-electron chi connectivity index (χ4n) is 5.04. The molecule has 4 rings (SSSR count). The van der Waals surface area contributed by atoms with Gasteiger partial charge in [-0.25, -0.2) is 4.79 Å². The zero-order valence-electron chi connectivity index (χ0n) is 21.2. The van der Waals surface area contributed by atoms with Crippen molar-refractivity contribution in [1.82, 2.24) is 0 Å². The largest absolute Gasteiger partial charge is 0.510 e. The van der Waals surface area contributed by atoms with E-state index in [9.17, 15) is 20.0 Å². The van der Waals surface area contributed by atoms with Gasteiger partial charge in [-0.15, -0.1) is 0 Å². The number of carbonyl (C=O) groups excluding carboxylic acids is 1. The second-order valence-corrected chi connectivity index (χ2v) is 8.82. The summed E-state index contributed by atoms with van der Waals surface area (Å²) in [6, 6.07) is 8.50. The summed E-state index contributed by atoms with van der Waals surface area (Å²) < 4.78 is 33.2. The summed E-state index contributed by atoms with van der Waals surface area (Å²) in [6.45, 7) is 3.40. The minimum Gasteiger partial charge on any atom is -0.497 e. The first-order valence-corrected chi connectivity index (χ1v) is 11.7. The average molecular weight is 519 g/mol. The molecule has 0 saturated heterocycles. The maximum Gasteiger partial charge on any atom is 0.510 e. The second kappa shape index (κ2) is 10.4. The molecule has 2 heterocycles. The summed E-state index contributed by atoms with van der Waals surface area (Å²) in [5, 5.41) is 23.5. The lowest BCUT2D eigenvalue weighted by Crippen LogP contribution is -2.63. The third-order valence-electron chi connectivity index (χ3n) is 6.70. The van der Waals surface area contributed by atoms with E-state index in [2.05, 4.69) is 0 Å². The molecule has 4 atom stereocenters. The quantitative estimate of drug-likeness (QED) is 0.238. The van der Waals surface area contributed by atoms with E-state index in [1.807, 2.05) is 6.07 Å². The molecule has 0 spiro atoms. The molecule has 2 aliphatic rings. The third kappa shape index (κ3) is 4.63. The first-order chi connectivity index (χ1) is 17.7. The highest BCUT2D eigenvalue weighted by molar-refractivity contribution is 5.67. The molecule has 0 radical (unpaired) electrons. The van der Waals surface area contributed by atoms with Crippen molar-refractivity contribution < 1.29 is 43.2 Å². The Kier molecular flexibility index (Phi) is 7.44. The van der Waals surface area contributed by atoms with E-state index in [0.29, 0.717) is 22.7 Å². The van der Waals surface area contributed by atoms with Gasteiger partial charge in [0.25, 0.3) is 5.69 Å². The Labute approximate surface area is 213 Å². The lowest BCUT2D eigenvalue weighted by Gasteiger charge is -2.50. The van der Waals surface area contributed by atoms with Gasteiger partial charge in [0.05, 0.1) is 24.7 Å². The fraction of sp³-hybridized carbons (Fsp3) is 0.480. The van der Waals surface area contributed by atoms with Gasteiger partial charge in [0.1, 0.15) is 17.6 Å². The van der Waals surface area contributed by atoms with Gasteiger partial charge >= 0.3 is 6.16 Å². The van der Waals surface area contributed by atoms with Gasteiger partial charge in [0, 0.05) is 44.0 Å². The van der Waals surface area contributed by atoms with E-state index in [-0.39, 0.29) is 18.7 Å². The minimum atomic E-state index is -1.44. The summed E-state index contributed by atoms with van der Waals surface area (Å²) in [5.41, 5.74) is 0.144. The predicted molar refractivity (Wildman–Crippen MR) is 130 cm³/mol. The van der Waals surface area contributed by atoms with E-state index in [1.54, 1.807) is 38.0 Å². The molecule has 1 N–H and O–H groups in total. The van der Waals surface area contributed by atoms with Crippen LogP contribution >= 0.6 is 0 Å². The number of ether oxygens (including phenoxy) is 6. The van der Waals surface area contributed by atoms with Crippen LogP contribution in [-0.2, 0) is 25.4 Å². The molecule has 200 valence electrons. The average Bonchev–Trinajstić information content (AvgIpc) is 3.21. The summed E-state index contributed by atoms with van der Waals surface area (Å²) in [7, 11) is 4.37. The molecular formula is C25H30N2O10. The van der Waals surface area contributed by atoms with Crippen LogP contribution < -0.4 is 14.4 Å². The number of non-ortho nitro benzene ring substituents is 1. The molecule has 2 aromatic rings. The van der Waals surface area contributed by atoms with Crippen LogP contribution in [0, 0.1) is 10.1 Å². The molecule has 0 aromatic heterocycles. The van der Waals surface area contributed by atoms with Crippen LogP contribution in [0.3, 0.4) is 0 Å². The number of nitro groups is 1. The SMILES string of the molecule is CCOC(=O)O[C@H]1Cc2cc(OC)ccc2N1[C@H]1c2cc([N+](=O)[O-])ccc2O[C@@](C)(C(OC)OC)[C@@H]1O. The summed E-state index contributed by atoms with van der Waals surface area (Å²) in [6.07, 6.45) is -3.88. The van der Waals surface area contributed by atoms with Crippen molar-refractivity contribution in [3.63, 3.8) is 0 Å². The first kappa shape index (κ1) is 26.5. The molecule has 2 aliphatic heterocycles. The standard InChI is InChI=1S/C25H30N2O10/c1-6-35-24(29)36-20-12-14-11-16(32-3)8-9-18(14)26(20)21-17-13-15(27(30)31)7-10-19(17)37-25(2,22(21)28)23(33-4)34-5/h7-11,13,20-23,28H,6,12H2,1-5H3/t20-,21-,22+,25+/m0/s1. The highest BCUT2D eigenvalue weighted by atomic mass is 16.7. The molecular weight excluding hydrogens is 488 g/mol. The summed E-state index contributed by atoms with van der Waals surface area (Å²) >= 11 is 0. The van der Waals surface area contributed by atoms with Crippen molar-refractivity contribution >= 4 is 17.5 Å². The van der Waals surface area contributed by atoms with Crippen molar-refractivity contribution in [2.45, 2.75) is 50.5 Å². The van der Waals surface area contributed by atoms with E-state index in [1.165, 1.54) is 32.4 Å². The van der Waals surface area contributed by atoms with E-state index >= 15 is 0 Å². The molecule has 0 bridgehead atoms. The number of nitrogens with zero attached hydrogens (tertiary/aromatic N) is 2. The normalized spacial score (nSPS) is 24.2. The van der Waals surface area contributed by atoms with Crippen molar-refractivity contribution in [3.8, 4) is 11.5 Å². The number of aliphatic hydroxyl groups is 1. The Balaban J connectivity index is 1.91. The Hall–Kier alpha value is -3.61. The van der Waals surface area contributed by atoms with Crippen LogP contribution in [0.5, 0.6) is 11.5 Å². The van der Waals surface area contributed by atoms with E-state index < -0.39 is 41.3 Å². The number of aliphatic hydroxyl groups excluding tert-OH is 1. The predicted octanol–water partition coefficient (Wildman–Crippen LogP) is 3.34. The second-order valence-electron chi connectivity index (χ2n) is 8.82. The van der Waals surface area contributed by atoms with Crippen LogP contribution in [0.4, 0.5) is 16.2 Å². The lowest BCUT2D eigenvalue weighted by atomic mass is 9.83. The number of anilines is 1. The molecule has 12 nitrogen and oxygen atoms in total. The van der Waals surface area contributed by atoms with Crippen molar-refractivity contribution in [2.75, 3.05) is 32.8 Å². The molecule has 2 aromatic carbocycles. The Morgan fingerprint density at radius 1 is 1.24 bits per heavy atom. The van der Waals surface area contributed by atoms with Crippen LogP contribution in [0.2, 0.25) is 0 Å². The number of fused-ring (bicyclic) bond motifs is 2. The lowest BCUT2D eigenvalue weighted by molar-refractivity contribution is -0.385. The first-order valence-electron chi connectivity index (χ1n) is 11.7. The van der Waals surface area contributed by atoms with Gasteiger partial charge in [-0.2, -0.15) is 0 Å². The number of rotatable bonds is 8. The van der Waals surface area contributed by atoms with Gasteiger partial charge in [-0.05, 0) is 43.7 Å². The summed E-state index contributed by atoms with van der Waals surface area (Å²) in [5.74, 6) is 0.891. The molecule has 37 heavy (non-hydrogen) atoms. The number of nitro benzene ring substituents is 1. The number of carbonyl (C=O) groups is 1. The Morgan fingerprint density at radius 3 is 2.59 bits per heavy atom. The van der Waals surface area contributed by atoms with Gasteiger partial charge < -0.3 is 38.4 Å². The van der Waals surface area contributed by atoms with Gasteiger partial charge in [-0.3, -0.25) is 10.1 Å². The maximum absolute atomic E-state index is 12.4. The number of hydrogen-bond donors (Lipinski definition) is 1. The zero-order chi connectivity index (χ0) is 26.9. The van der Waals surface area contributed by atoms with E-state index in [4.69, 9.17) is 28.4 Å². The fourth-order valence-corrected chi connectivity index (χ4v) is 5.04. The smallest absolute Gasteiger partial charge is 0.497 e. The highest BCUT2D eigenvalue weighted by Crippen LogP contribution is 2.50.